The van der Waals surface area contributed by atoms with E-state index in [0.717, 1.165) is 18.7 Å². The summed E-state index contributed by atoms with van der Waals surface area (Å²) in [5, 5.41) is 11.5. The van der Waals surface area contributed by atoms with E-state index < -0.39 is 0 Å². The summed E-state index contributed by atoms with van der Waals surface area (Å²) in [5.41, 5.74) is 1.07. The Morgan fingerprint density at radius 1 is 1.40 bits per heavy atom. The number of rotatable bonds is 6. The smallest absolute Gasteiger partial charge is 0.0646 e. The molecule has 0 saturated carbocycles. The second kappa shape index (κ2) is 6.51. The Balaban J connectivity index is 2.50. The van der Waals surface area contributed by atoms with Gasteiger partial charge in [-0.3, -0.25) is 0 Å². The van der Waals surface area contributed by atoms with Crippen LogP contribution >= 0.6 is 0 Å². The molecular weight excluding hydrogens is 186 g/mol. The van der Waals surface area contributed by atoms with Gasteiger partial charge in [-0.1, -0.05) is 20.8 Å². The predicted molar refractivity (Wildman–Crippen MR) is 62.7 cm³/mol. The molecular formula is C12H21N3. The van der Waals surface area contributed by atoms with Crippen molar-refractivity contribution >= 4 is 0 Å². The fourth-order valence-corrected chi connectivity index (χ4v) is 1.79. The molecule has 0 fully saturated rings. The summed E-state index contributed by atoms with van der Waals surface area (Å²) in [5.74, 6) is 0.714. The fourth-order valence-electron chi connectivity index (χ4n) is 1.79. The van der Waals surface area contributed by atoms with Crippen molar-refractivity contribution in [3.05, 3.63) is 24.0 Å². The molecule has 3 heteroatoms. The van der Waals surface area contributed by atoms with E-state index in [-0.39, 0.29) is 0 Å². The Morgan fingerprint density at radius 3 is 2.73 bits per heavy atom. The van der Waals surface area contributed by atoms with Crippen LogP contribution in [0, 0.1) is 5.92 Å². The molecule has 1 unspecified atom stereocenters. The first kappa shape index (κ1) is 12.1. The largest absolute Gasteiger partial charge is 0.314 e. The Kier molecular flexibility index (Phi) is 5.26. The summed E-state index contributed by atoms with van der Waals surface area (Å²) in [6.45, 7) is 7.66. The third-order valence-corrected chi connectivity index (χ3v) is 2.33. The highest BCUT2D eigenvalue weighted by Gasteiger charge is 2.10. The highest BCUT2D eigenvalue weighted by molar-refractivity contribution is 5.01. The Hall–Kier alpha value is -0.960. The van der Waals surface area contributed by atoms with Crippen LogP contribution in [0.5, 0.6) is 0 Å². The minimum atomic E-state index is 0.520. The Labute approximate surface area is 92.3 Å². The summed E-state index contributed by atoms with van der Waals surface area (Å²) in [6, 6.07) is 4.50. The van der Waals surface area contributed by atoms with E-state index in [2.05, 4.69) is 36.3 Å². The van der Waals surface area contributed by atoms with Gasteiger partial charge in [0.1, 0.15) is 0 Å². The van der Waals surface area contributed by atoms with Crippen molar-refractivity contribution in [1.29, 1.82) is 0 Å². The van der Waals surface area contributed by atoms with E-state index in [0.29, 0.717) is 12.0 Å². The molecule has 1 rings (SSSR count). The molecule has 0 aromatic carbocycles. The topological polar surface area (TPSA) is 37.8 Å². The lowest BCUT2D eigenvalue weighted by Gasteiger charge is -2.19. The molecule has 0 saturated heterocycles. The molecule has 1 atom stereocenters. The molecule has 1 aromatic heterocycles. The molecule has 1 aromatic rings. The lowest BCUT2D eigenvalue weighted by molar-refractivity contribution is 0.420. The molecule has 15 heavy (non-hydrogen) atoms. The van der Waals surface area contributed by atoms with Crippen LogP contribution in [-0.2, 0) is 6.42 Å². The van der Waals surface area contributed by atoms with Gasteiger partial charge in [-0.2, -0.15) is 10.2 Å². The maximum atomic E-state index is 4.12. The SMILES string of the molecule is CCNC(Cc1cccnn1)CC(C)C. The zero-order chi connectivity index (χ0) is 11.1. The molecule has 1 N–H and O–H groups in total. The molecule has 3 nitrogen and oxygen atoms in total. The summed E-state index contributed by atoms with van der Waals surface area (Å²) in [4.78, 5) is 0. The van der Waals surface area contributed by atoms with Crippen LogP contribution in [0.4, 0.5) is 0 Å². The van der Waals surface area contributed by atoms with Gasteiger partial charge in [0, 0.05) is 18.7 Å². The second-order valence-corrected chi connectivity index (χ2v) is 4.30. The van der Waals surface area contributed by atoms with Crippen molar-refractivity contribution in [1.82, 2.24) is 15.5 Å². The third-order valence-electron chi connectivity index (χ3n) is 2.33. The van der Waals surface area contributed by atoms with E-state index in [1.807, 2.05) is 12.1 Å². The van der Waals surface area contributed by atoms with Gasteiger partial charge in [0.2, 0.25) is 0 Å². The molecule has 0 aliphatic heterocycles. The molecule has 0 bridgehead atoms. The monoisotopic (exact) mass is 207 g/mol. The number of hydrogen-bond acceptors (Lipinski definition) is 3. The van der Waals surface area contributed by atoms with Crippen molar-refractivity contribution < 1.29 is 0 Å². The van der Waals surface area contributed by atoms with Crippen molar-refractivity contribution in [2.24, 2.45) is 5.92 Å². The van der Waals surface area contributed by atoms with Gasteiger partial charge in [0.15, 0.2) is 0 Å². The van der Waals surface area contributed by atoms with E-state index in [1.54, 1.807) is 6.20 Å². The number of nitrogens with zero attached hydrogens (tertiary/aromatic N) is 2. The zero-order valence-corrected chi connectivity index (χ0v) is 9.90. The number of nitrogens with one attached hydrogen (secondary N) is 1. The second-order valence-electron chi connectivity index (χ2n) is 4.30. The summed E-state index contributed by atoms with van der Waals surface area (Å²) >= 11 is 0. The van der Waals surface area contributed by atoms with Gasteiger partial charge in [-0.05, 0) is 31.0 Å². The quantitative estimate of drug-likeness (QED) is 0.775. The lowest BCUT2D eigenvalue weighted by atomic mass is 9.99. The van der Waals surface area contributed by atoms with Gasteiger partial charge in [-0.25, -0.2) is 0 Å². The summed E-state index contributed by atoms with van der Waals surface area (Å²) in [7, 11) is 0. The van der Waals surface area contributed by atoms with Crippen LogP contribution in [0.15, 0.2) is 18.3 Å². The molecule has 0 aliphatic rings. The Bertz CT molecular complexity index is 259. The molecule has 0 radical (unpaired) electrons. The molecule has 0 aliphatic carbocycles. The van der Waals surface area contributed by atoms with Gasteiger partial charge < -0.3 is 5.32 Å². The van der Waals surface area contributed by atoms with Crippen molar-refractivity contribution in [3.8, 4) is 0 Å². The predicted octanol–water partition coefficient (Wildman–Crippen LogP) is 2.04. The number of likely N-dealkylation sites (N-methyl/N-ethyl adjacent to an activating group) is 1. The number of hydrogen-bond donors (Lipinski definition) is 1. The van der Waals surface area contributed by atoms with Gasteiger partial charge in [0.25, 0.3) is 0 Å². The van der Waals surface area contributed by atoms with Crippen LogP contribution < -0.4 is 5.32 Å². The van der Waals surface area contributed by atoms with Gasteiger partial charge >= 0.3 is 0 Å². The molecule has 0 amide bonds. The van der Waals surface area contributed by atoms with E-state index in [4.69, 9.17) is 0 Å². The number of aromatic nitrogens is 2. The van der Waals surface area contributed by atoms with E-state index in [1.165, 1.54) is 6.42 Å². The first-order valence-corrected chi connectivity index (χ1v) is 5.72. The summed E-state index contributed by atoms with van der Waals surface area (Å²) < 4.78 is 0. The normalized spacial score (nSPS) is 13.1. The van der Waals surface area contributed by atoms with Crippen LogP contribution in [0.25, 0.3) is 0 Å². The standard InChI is InChI=1S/C12H21N3/c1-4-13-12(8-10(2)3)9-11-6-5-7-14-15-11/h5-7,10,12-13H,4,8-9H2,1-3H3. The van der Waals surface area contributed by atoms with Crippen LogP contribution in [0.1, 0.15) is 32.9 Å². The zero-order valence-electron chi connectivity index (χ0n) is 9.90. The minimum Gasteiger partial charge on any atom is -0.314 e. The highest BCUT2D eigenvalue weighted by atomic mass is 15.1. The van der Waals surface area contributed by atoms with E-state index in [9.17, 15) is 0 Å². The van der Waals surface area contributed by atoms with Gasteiger partial charge in [0.05, 0.1) is 5.69 Å². The first-order chi connectivity index (χ1) is 7.22. The maximum Gasteiger partial charge on any atom is 0.0646 e. The highest BCUT2D eigenvalue weighted by Crippen LogP contribution is 2.08. The molecule has 1 heterocycles. The van der Waals surface area contributed by atoms with Crippen LogP contribution in [0.2, 0.25) is 0 Å². The fraction of sp³-hybridized carbons (Fsp3) is 0.667. The molecule has 0 spiro atoms. The van der Waals surface area contributed by atoms with Gasteiger partial charge in [-0.15, -0.1) is 0 Å². The summed E-state index contributed by atoms with van der Waals surface area (Å²) in [6.07, 6.45) is 3.87. The minimum absolute atomic E-state index is 0.520. The Morgan fingerprint density at radius 2 is 2.20 bits per heavy atom. The average Bonchev–Trinajstić information content (AvgIpc) is 2.18. The average molecular weight is 207 g/mol. The maximum absolute atomic E-state index is 4.12. The van der Waals surface area contributed by atoms with Crippen molar-refractivity contribution in [2.45, 2.75) is 39.7 Å². The third kappa shape index (κ3) is 4.88. The molecule has 84 valence electrons. The van der Waals surface area contributed by atoms with E-state index >= 15 is 0 Å². The van der Waals surface area contributed by atoms with Crippen molar-refractivity contribution in [2.75, 3.05) is 6.54 Å². The van der Waals surface area contributed by atoms with Crippen molar-refractivity contribution in [3.63, 3.8) is 0 Å². The van der Waals surface area contributed by atoms with Crippen LogP contribution in [0.3, 0.4) is 0 Å². The lowest BCUT2D eigenvalue weighted by Crippen LogP contribution is -2.32. The van der Waals surface area contributed by atoms with Crippen LogP contribution in [-0.4, -0.2) is 22.8 Å². The first-order valence-electron chi connectivity index (χ1n) is 5.72.